The molecular weight excluding hydrogens is 280 g/mol. The first-order valence-electron chi connectivity index (χ1n) is 7.00. The normalized spacial score (nSPS) is 11.2. The fourth-order valence-corrected chi connectivity index (χ4v) is 1.77. The number of aliphatic hydroxyl groups excluding tert-OH is 1. The lowest BCUT2D eigenvalue weighted by Gasteiger charge is -2.21. The van der Waals surface area contributed by atoms with Crippen molar-refractivity contribution in [1.82, 2.24) is 15.3 Å². The number of anilines is 1. The average Bonchev–Trinajstić information content (AvgIpc) is 2.54. The van der Waals surface area contributed by atoms with Crippen molar-refractivity contribution in [2.75, 3.05) is 18.9 Å². The van der Waals surface area contributed by atoms with Crippen LogP contribution in [0, 0.1) is 5.41 Å². The number of aromatic nitrogens is 2. The Labute approximate surface area is 129 Å². The minimum absolute atomic E-state index is 0.0293. The highest BCUT2D eigenvalue weighted by Gasteiger charge is 2.20. The summed E-state index contributed by atoms with van der Waals surface area (Å²) in [6.45, 7) is 3.99. The first-order chi connectivity index (χ1) is 10.4. The van der Waals surface area contributed by atoms with E-state index in [-0.39, 0.29) is 18.1 Å². The molecule has 1 amide bonds. The van der Waals surface area contributed by atoms with E-state index in [4.69, 9.17) is 5.73 Å². The lowest BCUT2D eigenvalue weighted by atomic mass is 9.95. The van der Waals surface area contributed by atoms with Gasteiger partial charge >= 0.3 is 0 Å². The molecule has 0 spiro atoms. The van der Waals surface area contributed by atoms with Crippen molar-refractivity contribution in [3.63, 3.8) is 0 Å². The van der Waals surface area contributed by atoms with Crippen LogP contribution in [-0.2, 0) is 0 Å². The Bertz CT molecular complexity index is 656. The fourth-order valence-electron chi connectivity index (χ4n) is 1.77. The lowest BCUT2D eigenvalue weighted by Crippen LogP contribution is -2.36. The van der Waals surface area contributed by atoms with Gasteiger partial charge in [0, 0.05) is 24.1 Å². The van der Waals surface area contributed by atoms with Gasteiger partial charge in [-0.05, 0) is 0 Å². The topological polar surface area (TPSA) is 101 Å². The molecule has 2 aromatic rings. The molecule has 0 aliphatic carbocycles. The molecule has 1 heterocycles. The Morgan fingerprint density at radius 2 is 2.00 bits per heavy atom. The van der Waals surface area contributed by atoms with Gasteiger partial charge in [-0.1, -0.05) is 44.2 Å². The van der Waals surface area contributed by atoms with Gasteiger partial charge in [0.15, 0.2) is 11.5 Å². The van der Waals surface area contributed by atoms with E-state index >= 15 is 0 Å². The molecule has 6 nitrogen and oxygen atoms in total. The minimum atomic E-state index is -0.408. The molecule has 0 fully saturated rings. The van der Waals surface area contributed by atoms with Crippen LogP contribution in [-0.4, -0.2) is 34.1 Å². The van der Waals surface area contributed by atoms with Crippen LogP contribution in [0.1, 0.15) is 24.3 Å². The molecule has 0 saturated carbocycles. The van der Waals surface area contributed by atoms with Crippen molar-refractivity contribution in [2.24, 2.45) is 5.41 Å². The van der Waals surface area contributed by atoms with Crippen molar-refractivity contribution in [2.45, 2.75) is 13.8 Å². The molecule has 0 atom stereocenters. The number of amides is 1. The smallest absolute Gasteiger partial charge is 0.273 e. The summed E-state index contributed by atoms with van der Waals surface area (Å²) >= 11 is 0. The van der Waals surface area contributed by atoms with Crippen molar-refractivity contribution < 1.29 is 9.90 Å². The maximum absolute atomic E-state index is 12.2. The molecule has 0 bridgehead atoms. The molecule has 0 aliphatic rings. The standard InChI is InChI=1S/C16H20N4O2/c1-16(2,10-21)9-19-15(22)13-14(17)18-8-12(20-13)11-6-4-3-5-7-11/h3-8,21H,9-10H2,1-2H3,(H2,17,18)(H,19,22). The number of rotatable bonds is 5. The molecule has 0 saturated heterocycles. The first kappa shape index (κ1) is 15.9. The maximum atomic E-state index is 12.2. The highest BCUT2D eigenvalue weighted by molar-refractivity contribution is 5.96. The third kappa shape index (κ3) is 3.79. The number of benzene rings is 1. The van der Waals surface area contributed by atoms with Gasteiger partial charge < -0.3 is 16.2 Å². The quantitative estimate of drug-likeness (QED) is 0.776. The summed E-state index contributed by atoms with van der Waals surface area (Å²) in [5, 5.41) is 11.9. The summed E-state index contributed by atoms with van der Waals surface area (Å²) in [6, 6.07) is 9.44. The third-order valence-electron chi connectivity index (χ3n) is 3.24. The zero-order valence-corrected chi connectivity index (χ0v) is 12.7. The molecule has 4 N–H and O–H groups in total. The number of hydrogen-bond acceptors (Lipinski definition) is 5. The Morgan fingerprint density at radius 3 is 2.64 bits per heavy atom. The monoisotopic (exact) mass is 300 g/mol. The zero-order valence-electron chi connectivity index (χ0n) is 12.7. The van der Waals surface area contributed by atoms with E-state index < -0.39 is 11.3 Å². The Kier molecular flexibility index (Phi) is 4.72. The second kappa shape index (κ2) is 6.53. The van der Waals surface area contributed by atoms with E-state index in [1.165, 1.54) is 0 Å². The highest BCUT2D eigenvalue weighted by atomic mass is 16.3. The summed E-state index contributed by atoms with van der Waals surface area (Å²) in [5.74, 6) is -0.316. The van der Waals surface area contributed by atoms with Crippen LogP contribution < -0.4 is 11.1 Å². The van der Waals surface area contributed by atoms with E-state index in [1.54, 1.807) is 6.20 Å². The first-order valence-corrected chi connectivity index (χ1v) is 7.00. The van der Waals surface area contributed by atoms with Gasteiger partial charge in [-0.2, -0.15) is 0 Å². The second-order valence-electron chi connectivity index (χ2n) is 5.86. The number of carbonyl (C=O) groups is 1. The number of nitrogens with one attached hydrogen (secondary N) is 1. The molecule has 0 aliphatic heterocycles. The van der Waals surface area contributed by atoms with Gasteiger partial charge in [-0.25, -0.2) is 9.97 Å². The largest absolute Gasteiger partial charge is 0.396 e. The minimum Gasteiger partial charge on any atom is -0.396 e. The molecular formula is C16H20N4O2. The molecule has 6 heteroatoms. The van der Waals surface area contributed by atoms with Crippen LogP contribution in [0.4, 0.5) is 5.82 Å². The summed E-state index contributed by atoms with van der Waals surface area (Å²) in [7, 11) is 0. The van der Waals surface area contributed by atoms with Crippen LogP contribution in [0.5, 0.6) is 0 Å². The van der Waals surface area contributed by atoms with Crippen molar-refractivity contribution in [3.8, 4) is 11.3 Å². The van der Waals surface area contributed by atoms with E-state index in [9.17, 15) is 9.90 Å². The van der Waals surface area contributed by atoms with Gasteiger partial charge in [0.2, 0.25) is 0 Å². The molecule has 0 unspecified atom stereocenters. The number of nitrogen functional groups attached to an aromatic ring is 1. The van der Waals surface area contributed by atoms with Crippen molar-refractivity contribution >= 4 is 11.7 Å². The Hall–Kier alpha value is -2.47. The van der Waals surface area contributed by atoms with Crippen LogP contribution in [0.3, 0.4) is 0 Å². The third-order valence-corrected chi connectivity index (χ3v) is 3.24. The molecule has 2 rings (SSSR count). The van der Waals surface area contributed by atoms with E-state index in [0.717, 1.165) is 5.56 Å². The Balaban J connectivity index is 2.22. The summed E-state index contributed by atoms with van der Waals surface area (Å²) in [4.78, 5) is 20.6. The summed E-state index contributed by atoms with van der Waals surface area (Å²) in [5.41, 5.74) is 6.89. The summed E-state index contributed by atoms with van der Waals surface area (Å²) < 4.78 is 0. The van der Waals surface area contributed by atoms with Gasteiger partial charge in [0.05, 0.1) is 11.9 Å². The van der Waals surface area contributed by atoms with Crippen LogP contribution in [0.25, 0.3) is 11.3 Å². The van der Waals surface area contributed by atoms with Crippen LogP contribution in [0.15, 0.2) is 36.5 Å². The van der Waals surface area contributed by atoms with Crippen molar-refractivity contribution in [1.29, 1.82) is 0 Å². The molecule has 1 aromatic heterocycles. The average molecular weight is 300 g/mol. The molecule has 116 valence electrons. The molecule has 22 heavy (non-hydrogen) atoms. The Morgan fingerprint density at radius 1 is 1.32 bits per heavy atom. The van der Waals surface area contributed by atoms with Gasteiger partial charge in [-0.15, -0.1) is 0 Å². The number of carbonyl (C=O) groups excluding carboxylic acids is 1. The van der Waals surface area contributed by atoms with Gasteiger partial charge in [0.25, 0.3) is 5.91 Å². The highest BCUT2D eigenvalue weighted by Crippen LogP contribution is 2.18. The summed E-state index contributed by atoms with van der Waals surface area (Å²) in [6.07, 6.45) is 1.54. The van der Waals surface area contributed by atoms with Crippen LogP contribution >= 0.6 is 0 Å². The predicted molar refractivity (Wildman–Crippen MR) is 85.1 cm³/mol. The van der Waals surface area contributed by atoms with Crippen molar-refractivity contribution in [3.05, 3.63) is 42.2 Å². The molecule has 0 radical (unpaired) electrons. The maximum Gasteiger partial charge on any atom is 0.273 e. The zero-order chi connectivity index (χ0) is 16.2. The number of hydrogen-bond donors (Lipinski definition) is 3. The van der Waals surface area contributed by atoms with E-state index in [2.05, 4.69) is 15.3 Å². The number of aliphatic hydroxyl groups is 1. The predicted octanol–water partition coefficient (Wildman–Crippen LogP) is 1.47. The van der Waals surface area contributed by atoms with Gasteiger partial charge in [0.1, 0.15) is 0 Å². The number of nitrogens with zero attached hydrogens (tertiary/aromatic N) is 2. The van der Waals surface area contributed by atoms with E-state index in [0.29, 0.717) is 12.2 Å². The lowest BCUT2D eigenvalue weighted by molar-refractivity contribution is 0.0907. The van der Waals surface area contributed by atoms with Crippen LogP contribution in [0.2, 0.25) is 0 Å². The number of nitrogens with two attached hydrogens (primary N) is 1. The van der Waals surface area contributed by atoms with E-state index in [1.807, 2.05) is 44.2 Å². The molecule has 1 aromatic carbocycles. The van der Waals surface area contributed by atoms with Gasteiger partial charge in [-0.3, -0.25) is 4.79 Å². The second-order valence-corrected chi connectivity index (χ2v) is 5.86. The SMILES string of the molecule is CC(C)(CO)CNC(=O)c1nc(-c2ccccc2)cnc1N. The fraction of sp³-hybridized carbons (Fsp3) is 0.312.